The summed E-state index contributed by atoms with van der Waals surface area (Å²) >= 11 is 0. The Bertz CT molecular complexity index is 1650. The van der Waals surface area contributed by atoms with Gasteiger partial charge in [-0.2, -0.15) is 9.97 Å². The summed E-state index contributed by atoms with van der Waals surface area (Å²) in [5, 5.41) is 22.1. The van der Waals surface area contributed by atoms with Crippen LogP contribution in [0.2, 0.25) is 0 Å². The highest BCUT2D eigenvalue weighted by Gasteiger charge is 2.50. The van der Waals surface area contributed by atoms with Crippen molar-refractivity contribution in [2.75, 3.05) is 42.6 Å². The standard InChI is InChI=1S/C32H35F2N5O4/c1-2-21-23(34)5-4-17-8-20(40)10-25(27(17)21)39-15-24-28(30(39)42)29(37-12-18-9-26(41)22(18)14-37)36-31(35-24)43-16-32-6-3-7-38(32)13-19(33)11-32/h4-5,8,10,18-19,22,26,40-41H,2-3,6-7,9,11-16H2,1H3/t18-,19-,22+,26-,32+/m1/s1. The Labute approximate surface area is 248 Å². The third-order valence-corrected chi connectivity index (χ3v) is 10.5. The third-order valence-electron chi connectivity index (χ3n) is 10.5. The van der Waals surface area contributed by atoms with Crippen molar-refractivity contribution < 1.29 is 28.5 Å². The van der Waals surface area contributed by atoms with Crippen LogP contribution in [0.25, 0.3) is 10.8 Å². The van der Waals surface area contributed by atoms with E-state index >= 15 is 0 Å². The number of halogens is 2. The summed E-state index contributed by atoms with van der Waals surface area (Å²) in [6.45, 7) is 4.73. The molecule has 1 amide bonds. The van der Waals surface area contributed by atoms with Crippen molar-refractivity contribution >= 4 is 28.2 Å². The van der Waals surface area contributed by atoms with E-state index in [9.17, 15) is 23.8 Å². The van der Waals surface area contributed by atoms with Crippen LogP contribution in [0.15, 0.2) is 24.3 Å². The Kier molecular flexibility index (Phi) is 6.11. The first-order valence-corrected chi connectivity index (χ1v) is 15.4. The first-order valence-electron chi connectivity index (χ1n) is 15.4. The number of carbonyl (C=O) groups is 1. The van der Waals surface area contributed by atoms with Crippen LogP contribution in [-0.2, 0) is 13.0 Å². The number of nitrogens with zero attached hydrogens (tertiary/aromatic N) is 5. The number of hydrogen-bond donors (Lipinski definition) is 2. The van der Waals surface area contributed by atoms with Gasteiger partial charge >= 0.3 is 6.01 Å². The van der Waals surface area contributed by atoms with Crippen molar-refractivity contribution in [1.29, 1.82) is 0 Å². The zero-order valence-electron chi connectivity index (χ0n) is 24.1. The van der Waals surface area contributed by atoms with Crippen molar-refractivity contribution in [3.63, 3.8) is 0 Å². The zero-order valence-corrected chi connectivity index (χ0v) is 24.1. The Hall–Kier alpha value is -3.57. The number of rotatable bonds is 6. The zero-order chi connectivity index (χ0) is 29.6. The minimum absolute atomic E-state index is 0.0246. The summed E-state index contributed by atoms with van der Waals surface area (Å²) < 4.78 is 35.6. The van der Waals surface area contributed by atoms with Crippen LogP contribution < -0.4 is 14.5 Å². The van der Waals surface area contributed by atoms with Gasteiger partial charge < -0.3 is 24.7 Å². The highest BCUT2D eigenvalue weighted by atomic mass is 19.1. The van der Waals surface area contributed by atoms with E-state index in [1.807, 2.05) is 11.8 Å². The lowest BCUT2D eigenvalue weighted by Gasteiger charge is -2.34. The lowest BCUT2D eigenvalue weighted by Crippen LogP contribution is -2.43. The van der Waals surface area contributed by atoms with Crippen LogP contribution in [-0.4, -0.2) is 81.6 Å². The highest BCUT2D eigenvalue weighted by Crippen LogP contribution is 2.46. The second kappa shape index (κ2) is 9.72. The largest absolute Gasteiger partial charge is 0.508 e. The molecular weight excluding hydrogens is 556 g/mol. The van der Waals surface area contributed by atoms with Crippen molar-refractivity contribution in [3.05, 3.63) is 46.9 Å². The molecule has 5 heterocycles. The predicted octanol–water partition coefficient (Wildman–Crippen LogP) is 3.97. The summed E-state index contributed by atoms with van der Waals surface area (Å²) in [5.74, 6) is 0.203. The minimum atomic E-state index is -0.881. The molecule has 1 aliphatic carbocycles. The van der Waals surface area contributed by atoms with Gasteiger partial charge in [0.15, 0.2) is 0 Å². The average Bonchev–Trinajstić information content (AvgIpc) is 3.70. The summed E-state index contributed by atoms with van der Waals surface area (Å²) in [4.78, 5) is 29.5. The van der Waals surface area contributed by atoms with E-state index < -0.39 is 6.17 Å². The van der Waals surface area contributed by atoms with Gasteiger partial charge in [-0.05, 0) is 61.2 Å². The number of aryl methyl sites for hydroxylation is 1. The van der Waals surface area contributed by atoms with Gasteiger partial charge in [0, 0.05) is 43.4 Å². The fourth-order valence-electron chi connectivity index (χ4n) is 8.38. The first kappa shape index (κ1) is 27.0. The molecule has 43 heavy (non-hydrogen) atoms. The molecule has 4 aliphatic heterocycles. The molecule has 4 fully saturated rings. The number of alkyl halides is 1. The topological polar surface area (TPSA) is 102 Å². The number of fused-ring (bicyclic) bond motifs is 4. The third kappa shape index (κ3) is 4.11. The number of aliphatic hydroxyl groups is 1. The van der Waals surface area contributed by atoms with Gasteiger partial charge in [-0.25, -0.2) is 8.78 Å². The number of ether oxygens (including phenoxy) is 1. The molecule has 0 radical (unpaired) electrons. The summed E-state index contributed by atoms with van der Waals surface area (Å²) in [6, 6.07) is 6.22. The summed E-state index contributed by atoms with van der Waals surface area (Å²) in [7, 11) is 0. The van der Waals surface area contributed by atoms with Gasteiger partial charge in [-0.3, -0.25) is 9.69 Å². The van der Waals surface area contributed by atoms with E-state index in [1.165, 1.54) is 17.0 Å². The number of hydrogen-bond acceptors (Lipinski definition) is 8. The summed E-state index contributed by atoms with van der Waals surface area (Å²) in [6.07, 6.45) is 2.16. The molecule has 1 aromatic heterocycles. The maximum absolute atomic E-state index is 15.0. The molecule has 1 saturated carbocycles. The van der Waals surface area contributed by atoms with E-state index in [-0.39, 0.29) is 54.2 Å². The molecule has 2 N–H and O–H groups in total. The Morgan fingerprint density at radius 3 is 2.84 bits per heavy atom. The van der Waals surface area contributed by atoms with E-state index in [0.29, 0.717) is 77.5 Å². The molecule has 5 aliphatic rings. The van der Waals surface area contributed by atoms with Gasteiger partial charge in [0.2, 0.25) is 0 Å². The van der Waals surface area contributed by atoms with Crippen LogP contribution in [0.3, 0.4) is 0 Å². The number of amides is 1. The molecule has 3 aromatic rings. The SMILES string of the molecule is CCc1c(F)ccc2cc(O)cc(N3Cc4nc(OC[C@@]56CCCN5C[C@H](F)C6)nc(N5C[C@H]6C[C@@H](O)[C@H]6C5)c4C3=O)c12. The molecule has 0 bridgehead atoms. The highest BCUT2D eigenvalue weighted by molar-refractivity contribution is 6.16. The Balaban J connectivity index is 1.19. The second-order valence-electron chi connectivity index (χ2n) is 13.0. The second-order valence-corrected chi connectivity index (χ2v) is 13.0. The first-order chi connectivity index (χ1) is 20.7. The van der Waals surface area contributed by atoms with Crippen LogP contribution >= 0.6 is 0 Å². The maximum Gasteiger partial charge on any atom is 0.318 e. The molecule has 0 unspecified atom stereocenters. The van der Waals surface area contributed by atoms with Gasteiger partial charge in [0.1, 0.15) is 35.7 Å². The number of phenolic OH excluding ortho intramolecular Hbond substituents is 1. The number of carbonyl (C=O) groups excluding carboxylic acids is 1. The van der Waals surface area contributed by atoms with E-state index in [2.05, 4.69) is 4.90 Å². The molecule has 11 heteroatoms. The molecular formula is C32H35F2N5O4. The number of benzene rings is 2. The van der Waals surface area contributed by atoms with Crippen LogP contribution in [0.1, 0.15) is 54.2 Å². The molecule has 3 saturated heterocycles. The van der Waals surface area contributed by atoms with Crippen molar-refractivity contribution in [3.8, 4) is 11.8 Å². The molecule has 2 aromatic carbocycles. The number of aromatic hydroxyl groups is 1. The van der Waals surface area contributed by atoms with E-state index in [0.717, 1.165) is 25.8 Å². The van der Waals surface area contributed by atoms with Crippen molar-refractivity contribution in [1.82, 2.24) is 14.9 Å². The number of anilines is 2. The normalized spacial score (nSPS) is 29.7. The van der Waals surface area contributed by atoms with E-state index in [4.69, 9.17) is 14.7 Å². The molecule has 5 atom stereocenters. The fraction of sp³-hybridized carbons (Fsp3) is 0.531. The number of phenols is 1. The fourth-order valence-corrected chi connectivity index (χ4v) is 8.38. The van der Waals surface area contributed by atoms with Gasteiger partial charge in [0.25, 0.3) is 5.91 Å². The Morgan fingerprint density at radius 1 is 1.19 bits per heavy atom. The van der Waals surface area contributed by atoms with E-state index in [1.54, 1.807) is 12.1 Å². The van der Waals surface area contributed by atoms with Gasteiger partial charge in [-0.15, -0.1) is 0 Å². The molecule has 226 valence electrons. The average molecular weight is 592 g/mol. The van der Waals surface area contributed by atoms with Crippen LogP contribution in [0.5, 0.6) is 11.8 Å². The number of aliphatic hydroxyl groups excluding tert-OH is 1. The van der Waals surface area contributed by atoms with Crippen molar-refractivity contribution in [2.45, 2.75) is 63.4 Å². The summed E-state index contributed by atoms with van der Waals surface area (Å²) in [5.41, 5.74) is 1.37. The quantitative estimate of drug-likeness (QED) is 0.444. The minimum Gasteiger partial charge on any atom is -0.508 e. The van der Waals surface area contributed by atoms with Gasteiger partial charge in [-0.1, -0.05) is 13.0 Å². The number of aromatic nitrogens is 2. The predicted molar refractivity (Wildman–Crippen MR) is 156 cm³/mol. The monoisotopic (exact) mass is 591 g/mol. The molecule has 8 rings (SSSR count). The molecule has 0 spiro atoms. The van der Waals surface area contributed by atoms with Crippen molar-refractivity contribution in [2.24, 2.45) is 11.8 Å². The smallest absolute Gasteiger partial charge is 0.318 e. The molecule has 9 nitrogen and oxygen atoms in total. The van der Waals surface area contributed by atoms with Crippen LogP contribution in [0.4, 0.5) is 20.3 Å². The lowest BCUT2D eigenvalue weighted by molar-refractivity contribution is -0.00399. The maximum atomic E-state index is 15.0. The lowest BCUT2D eigenvalue weighted by atomic mass is 9.74. The van der Waals surface area contributed by atoms with Crippen LogP contribution in [0, 0.1) is 17.7 Å². The Morgan fingerprint density at radius 2 is 2.05 bits per heavy atom. The van der Waals surface area contributed by atoms with Gasteiger partial charge in [0.05, 0.1) is 29.6 Å².